The second-order valence-corrected chi connectivity index (χ2v) is 3.67. The van der Waals surface area contributed by atoms with Crippen LogP contribution in [-0.4, -0.2) is 30.3 Å². The second kappa shape index (κ2) is 9.93. The summed E-state index contributed by atoms with van der Waals surface area (Å²) in [5.41, 5.74) is 5.21. The van der Waals surface area contributed by atoms with Gasteiger partial charge in [0, 0.05) is 0 Å². The Morgan fingerprint density at radius 2 is 2.00 bits per heavy atom. The maximum atomic E-state index is 11.1. The summed E-state index contributed by atoms with van der Waals surface area (Å²) in [6.45, 7) is 2.86. The number of esters is 1. The lowest BCUT2D eigenvalue weighted by molar-refractivity contribution is -0.153. The van der Waals surface area contributed by atoms with Crippen LogP contribution in [0.1, 0.15) is 45.4 Å². The summed E-state index contributed by atoms with van der Waals surface area (Å²) in [5.74, 6) is -0.545. The molecule has 0 aromatic rings. The van der Waals surface area contributed by atoms with Gasteiger partial charge < -0.3 is 15.6 Å². The van der Waals surface area contributed by atoms with Gasteiger partial charge in [-0.15, -0.1) is 0 Å². The lowest BCUT2D eigenvalue weighted by Crippen LogP contribution is -2.26. The number of rotatable bonds is 9. The van der Waals surface area contributed by atoms with Gasteiger partial charge in [-0.05, 0) is 19.4 Å². The van der Waals surface area contributed by atoms with Gasteiger partial charge in [0.1, 0.15) is 0 Å². The van der Waals surface area contributed by atoms with Crippen molar-refractivity contribution in [1.29, 1.82) is 0 Å². The molecular formula is C11H23NO3. The molecular weight excluding hydrogens is 194 g/mol. The average molecular weight is 217 g/mol. The molecule has 0 aliphatic carbocycles. The number of hydrogen-bond donors (Lipinski definition) is 2. The molecule has 0 aromatic heterocycles. The fourth-order valence-electron chi connectivity index (χ4n) is 1.25. The summed E-state index contributed by atoms with van der Waals surface area (Å²) in [4.78, 5) is 11.1. The number of nitrogens with two attached hydrogens (primary N) is 1. The first-order valence-corrected chi connectivity index (χ1v) is 5.77. The minimum absolute atomic E-state index is 0.272. The van der Waals surface area contributed by atoms with Crippen molar-refractivity contribution in [3.8, 4) is 0 Å². The molecule has 1 atom stereocenters. The standard InChI is InChI=1S/C11H23NO3/c1-2-3-4-5-6-9-15-11(14)10(13)7-8-12/h10,13H,2-9,12H2,1H3/t10-/m0/s1. The number of unbranched alkanes of at least 4 members (excludes halogenated alkanes) is 4. The van der Waals surface area contributed by atoms with Gasteiger partial charge in [-0.2, -0.15) is 0 Å². The molecule has 0 spiro atoms. The molecule has 0 aliphatic heterocycles. The molecule has 15 heavy (non-hydrogen) atoms. The fourth-order valence-corrected chi connectivity index (χ4v) is 1.25. The van der Waals surface area contributed by atoms with Crippen molar-refractivity contribution in [2.24, 2.45) is 5.73 Å². The van der Waals surface area contributed by atoms with Crippen LogP contribution in [0.3, 0.4) is 0 Å². The maximum Gasteiger partial charge on any atom is 0.335 e. The Balaban J connectivity index is 3.30. The van der Waals surface area contributed by atoms with Crippen LogP contribution in [0, 0.1) is 0 Å². The summed E-state index contributed by atoms with van der Waals surface area (Å²) >= 11 is 0. The van der Waals surface area contributed by atoms with E-state index < -0.39 is 12.1 Å². The van der Waals surface area contributed by atoms with E-state index in [1.54, 1.807) is 0 Å². The summed E-state index contributed by atoms with van der Waals surface area (Å²) in [6.07, 6.45) is 4.78. The quantitative estimate of drug-likeness (QED) is 0.450. The van der Waals surface area contributed by atoms with E-state index in [-0.39, 0.29) is 6.42 Å². The van der Waals surface area contributed by atoms with E-state index in [0.29, 0.717) is 13.2 Å². The molecule has 0 amide bonds. The number of aliphatic hydroxyl groups is 1. The lowest BCUT2D eigenvalue weighted by atomic mass is 10.2. The highest BCUT2D eigenvalue weighted by molar-refractivity contribution is 5.74. The van der Waals surface area contributed by atoms with Crippen LogP contribution in [0.15, 0.2) is 0 Å². The smallest absolute Gasteiger partial charge is 0.335 e. The highest BCUT2D eigenvalue weighted by atomic mass is 16.5. The zero-order valence-corrected chi connectivity index (χ0v) is 9.58. The van der Waals surface area contributed by atoms with Crippen molar-refractivity contribution < 1.29 is 14.6 Å². The predicted octanol–water partition coefficient (Wildman–Crippen LogP) is 1.21. The van der Waals surface area contributed by atoms with Crippen LogP contribution in [-0.2, 0) is 9.53 Å². The molecule has 0 radical (unpaired) electrons. The van der Waals surface area contributed by atoms with Gasteiger partial charge in [0.25, 0.3) is 0 Å². The number of carbonyl (C=O) groups excluding carboxylic acids is 1. The van der Waals surface area contributed by atoms with Crippen LogP contribution in [0.5, 0.6) is 0 Å². The van der Waals surface area contributed by atoms with Crippen molar-refractivity contribution in [2.45, 2.75) is 51.6 Å². The molecule has 0 unspecified atom stereocenters. The molecule has 4 nitrogen and oxygen atoms in total. The molecule has 0 saturated carbocycles. The number of aliphatic hydroxyl groups excluding tert-OH is 1. The average Bonchev–Trinajstić information content (AvgIpc) is 2.23. The van der Waals surface area contributed by atoms with Crippen molar-refractivity contribution in [3.63, 3.8) is 0 Å². The van der Waals surface area contributed by atoms with Gasteiger partial charge in [0.2, 0.25) is 0 Å². The third kappa shape index (κ3) is 8.39. The second-order valence-electron chi connectivity index (χ2n) is 3.67. The van der Waals surface area contributed by atoms with E-state index in [9.17, 15) is 9.90 Å². The van der Waals surface area contributed by atoms with Crippen LogP contribution in [0.25, 0.3) is 0 Å². The van der Waals surface area contributed by atoms with E-state index in [0.717, 1.165) is 12.8 Å². The third-order valence-corrected chi connectivity index (χ3v) is 2.20. The molecule has 4 heteroatoms. The van der Waals surface area contributed by atoms with Crippen LogP contribution in [0.2, 0.25) is 0 Å². The molecule has 0 bridgehead atoms. The number of hydrogen-bond acceptors (Lipinski definition) is 4. The maximum absolute atomic E-state index is 11.1. The summed E-state index contributed by atoms with van der Waals surface area (Å²) in [6, 6.07) is 0. The highest BCUT2D eigenvalue weighted by Crippen LogP contribution is 2.03. The van der Waals surface area contributed by atoms with Gasteiger partial charge in [-0.1, -0.05) is 32.6 Å². The van der Waals surface area contributed by atoms with E-state index in [4.69, 9.17) is 10.5 Å². The van der Waals surface area contributed by atoms with Crippen molar-refractivity contribution >= 4 is 5.97 Å². The third-order valence-electron chi connectivity index (χ3n) is 2.20. The monoisotopic (exact) mass is 217 g/mol. The first-order valence-electron chi connectivity index (χ1n) is 5.77. The molecule has 0 aliphatic rings. The lowest BCUT2D eigenvalue weighted by Gasteiger charge is -2.09. The molecule has 0 fully saturated rings. The predicted molar refractivity (Wildman–Crippen MR) is 59.4 cm³/mol. The van der Waals surface area contributed by atoms with Crippen molar-refractivity contribution in [2.75, 3.05) is 13.2 Å². The van der Waals surface area contributed by atoms with Gasteiger partial charge in [0.05, 0.1) is 6.61 Å². The van der Waals surface area contributed by atoms with Gasteiger partial charge in [-0.3, -0.25) is 0 Å². The molecule has 0 heterocycles. The zero-order chi connectivity index (χ0) is 11.5. The summed E-state index contributed by atoms with van der Waals surface area (Å²) in [5, 5.41) is 9.20. The molecule has 3 N–H and O–H groups in total. The van der Waals surface area contributed by atoms with E-state index >= 15 is 0 Å². The largest absolute Gasteiger partial charge is 0.464 e. The Kier molecular flexibility index (Phi) is 9.52. The van der Waals surface area contributed by atoms with Crippen LogP contribution in [0.4, 0.5) is 0 Å². The van der Waals surface area contributed by atoms with E-state index in [1.807, 2.05) is 0 Å². The number of ether oxygens (including phenoxy) is 1. The van der Waals surface area contributed by atoms with Gasteiger partial charge in [-0.25, -0.2) is 4.79 Å². The molecule has 0 rings (SSSR count). The normalized spacial score (nSPS) is 12.5. The molecule has 0 saturated heterocycles. The van der Waals surface area contributed by atoms with Gasteiger partial charge >= 0.3 is 5.97 Å². The first kappa shape index (κ1) is 14.4. The Morgan fingerprint density at radius 1 is 1.33 bits per heavy atom. The topological polar surface area (TPSA) is 72.5 Å². The SMILES string of the molecule is CCCCCCCOC(=O)[C@@H](O)CCN. The summed E-state index contributed by atoms with van der Waals surface area (Å²) < 4.78 is 4.89. The zero-order valence-electron chi connectivity index (χ0n) is 9.58. The fraction of sp³-hybridized carbons (Fsp3) is 0.909. The Hall–Kier alpha value is -0.610. The number of carbonyl (C=O) groups is 1. The van der Waals surface area contributed by atoms with E-state index in [1.165, 1.54) is 19.3 Å². The highest BCUT2D eigenvalue weighted by Gasteiger charge is 2.14. The van der Waals surface area contributed by atoms with Crippen LogP contribution < -0.4 is 5.73 Å². The van der Waals surface area contributed by atoms with E-state index in [2.05, 4.69) is 6.92 Å². The van der Waals surface area contributed by atoms with Gasteiger partial charge in [0.15, 0.2) is 6.10 Å². The van der Waals surface area contributed by atoms with Crippen LogP contribution >= 0.6 is 0 Å². The van der Waals surface area contributed by atoms with Crippen molar-refractivity contribution in [1.82, 2.24) is 0 Å². The Morgan fingerprint density at radius 3 is 2.60 bits per heavy atom. The molecule has 90 valence electrons. The Bertz CT molecular complexity index is 162. The first-order chi connectivity index (χ1) is 7.22. The minimum atomic E-state index is -1.05. The minimum Gasteiger partial charge on any atom is -0.464 e. The summed E-state index contributed by atoms with van der Waals surface area (Å²) in [7, 11) is 0. The van der Waals surface area contributed by atoms with Crippen molar-refractivity contribution in [3.05, 3.63) is 0 Å². The Labute approximate surface area is 91.8 Å². The molecule has 0 aromatic carbocycles.